The Morgan fingerprint density at radius 2 is 1.89 bits per heavy atom. The second-order valence-electron chi connectivity index (χ2n) is 6.73. The van der Waals surface area contributed by atoms with Crippen LogP contribution in [-0.2, 0) is 9.59 Å². The van der Waals surface area contributed by atoms with Crippen LogP contribution in [0.15, 0.2) is 24.3 Å². The summed E-state index contributed by atoms with van der Waals surface area (Å²) in [4.78, 5) is 38.4. The van der Waals surface area contributed by atoms with E-state index in [0.717, 1.165) is 19.3 Å². The maximum absolute atomic E-state index is 12.6. The number of ether oxygens (including phenoxy) is 1. The molecule has 1 aliphatic heterocycles. The Morgan fingerprint density at radius 3 is 2.56 bits per heavy atom. The summed E-state index contributed by atoms with van der Waals surface area (Å²) in [5.74, 6) is 0.506. The largest absolute Gasteiger partial charge is 0.497 e. The molecular weight excluding hydrogens is 346 g/mol. The van der Waals surface area contributed by atoms with Crippen molar-refractivity contribution in [2.24, 2.45) is 5.73 Å². The van der Waals surface area contributed by atoms with Crippen molar-refractivity contribution >= 4 is 17.6 Å². The highest BCUT2D eigenvalue weighted by Gasteiger charge is 2.27. The van der Waals surface area contributed by atoms with Crippen LogP contribution in [0.4, 0.5) is 0 Å². The van der Waals surface area contributed by atoms with Gasteiger partial charge in [0.25, 0.3) is 0 Å². The number of nitrogens with zero attached hydrogens (tertiary/aromatic N) is 1. The van der Waals surface area contributed by atoms with Crippen LogP contribution in [0.3, 0.4) is 0 Å². The van der Waals surface area contributed by atoms with Crippen LogP contribution in [-0.4, -0.2) is 55.3 Å². The average molecular weight is 375 g/mol. The summed E-state index contributed by atoms with van der Waals surface area (Å²) in [6.45, 7) is 1.43. The van der Waals surface area contributed by atoms with Crippen molar-refractivity contribution in [3.8, 4) is 5.75 Å². The van der Waals surface area contributed by atoms with Crippen LogP contribution in [0, 0.1) is 0 Å². The summed E-state index contributed by atoms with van der Waals surface area (Å²) in [6, 6.07) is 6.88. The molecule has 2 rings (SSSR count). The predicted octanol–water partition coefficient (Wildman–Crippen LogP) is 1.50. The number of methoxy groups -OCH3 is 1. The number of amides is 2. The second-order valence-corrected chi connectivity index (χ2v) is 6.73. The molecule has 0 saturated carbocycles. The third kappa shape index (κ3) is 6.36. The van der Waals surface area contributed by atoms with Crippen LogP contribution in [0.25, 0.3) is 0 Å². The highest BCUT2D eigenvalue weighted by molar-refractivity contribution is 5.98. The van der Waals surface area contributed by atoms with Gasteiger partial charge in [-0.25, -0.2) is 0 Å². The van der Waals surface area contributed by atoms with E-state index in [1.54, 1.807) is 31.4 Å². The molecule has 3 N–H and O–H groups in total. The topological polar surface area (TPSA) is 102 Å². The Hall–Kier alpha value is -2.41. The SMILES string of the molecule is COc1ccc(C(=O)CCC(=O)N2CCCCC2CNC(=O)CCN)cc1. The van der Waals surface area contributed by atoms with E-state index in [4.69, 9.17) is 10.5 Å². The maximum atomic E-state index is 12.6. The van der Waals surface area contributed by atoms with Gasteiger partial charge in [0.05, 0.1) is 7.11 Å². The molecule has 0 radical (unpaired) electrons. The number of nitrogens with two attached hydrogens (primary N) is 1. The van der Waals surface area contributed by atoms with Gasteiger partial charge in [-0.2, -0.15) is 0 Å². The summed E-state index contributed by atoms with van der Waals surface area (Å²) in [5.41, 5.74) is 5.96. The Balaban J connectivity index is 1.86. The van der Waals surface area contributed by atoms with Crippen LogP contribution < -0.4 is 15.8 Å². The number of carbonyl (C=O) groups is 3. The number of Topliss-reactive ketones (excluding diaryl/α,β-unsaturated/α-hetero) is 1. The average Bonchev–Trinajstić information content (AvgIpc) is 2.70. The van der Waals surface area contributed by atoms with E-state index in [2.05, 4.69) is 5.32 Å². The van der Waals surface area contributed by atoms with E-state index in [9.17, 15) is 14.4 Å². The van der Waals surface area contributed by atoms with E-state index in [1.807, 2.05) is 4.90 Å². The van der Waals surface area contributed by atoms with Crippen molar-refractivity contribution in [3.05, 3.63) is 29.8 Å². The minimum Gasteiger partial charge on any atom is -0.497 e. The molecule has 148 valence electrons. The highest BCUT2D eigenvalue weighted by Crippen LogP contribution is 2.19. The van der Waals surface area contributed by atoms with Gasteiger partial charge in [0.1, 0.15) is 5.75 Å². The number of nitrogens with one attached hydrogen (secondary N) is 1. The van der Waals surface area contributed by atoms with Crippen molar-refractivity contribution in [3.63, 3.8) is 0 Å². The smallest absolute Gasteiger partial charge is 0.223 e. The first kappa shape index (κ1) is 20.9. The summed E-state index contributed by atoms with van der Waals surface area (Å²) in [5, 5.41) is 2.85. The molecule has 1 heterocycles. The van der Waals surface area contributed by atoms with E-state index in [1.165, 1.54) is 0 Å². The fraction of sp³-hybridized carbons (Fsp3) is 0.550. The van der Waals surface area contributed by atoms with E-state index in [0.29, 0.717) is 30.9 Å². The zero-order chi connectivity index (χ0) is 19.6. The fourth-order valence-electron chi connectivity index (χ4n) is 3.28. The van der Waals surface area contributed by atoms with Crippen molar-refractivity contribution in [2.75, 3.05) is 26.7 Å². The van der Waals surface area contributed by atoms with Crippen LogP contribution in [0.2, 0.25) is 0 Å². The lowest BCUT2D eigenvalue weighted by atomic mass is 10.00. The number of likely N-dealkylation sites (tertiary alicyclic amines) is 1. The van der Waals surface area contributed by atoms with Gasteiger partial charge in [-0.3, -0.25) is 14.4 Å². The zero-order valence-electron chi connectivity index (χ0n) is 15.9. The fourth-order valence-corrected chi connectivity index (χ4v) is 3.28. The molecule has 7 nitrogen and oxygen atoms in total. The van der Waals surface area contributed by atoms with Gasteiger partial charge in [-0.05, 0) is 43.5 Å². The van der Waals surface area contributed by atoms with Crippen LogP contribution in [0.5, 0.6) is 5.75 Å². The minimum absolute atomic E-state index is 0.0101. The van der Waals surface area contributed by atoms with Gasteiger partial charge < -0.3 is 20.7 Å². The van der Waals surface area contributed by atoms with Gasteiger partial charge in [0.15, 0.2) is 5.78 Å². The lowest BCUT2D eigenvalue weighted by Crippen LogP contribution is -2.49. The predicted molar refractivity (Wildman–Crippen MR) is 103 cm³/mol. The zero-order valence-corrected chi connectivity index (χ0v) is 15.9. The molecule has 1 saturated heterocycles. The van der Waals surface area contributed by atoms with Gasteiger partial charge >= 0.3 is 0 Å². The second kappa shape index (κ2) is 10.7. The van der Waals surface area contributed by atoms with E-state index in [-0.39, 0.29) is 42.9 Å². The van der Waals surface area contributed by atoms with E-state index < -0.39 is 0 Å². The quantitative estimate of drug-likeness (QED) is 0.637. The molecule has 0 bridgehead atoms. The van der Waals surface area contributed by atoms with Gasteiger partial charge in [0.2, 0.25) is 11.8 Å². The lowest BCUT2D eigenvalue weighted by molar-refractivity contribution is -0.135. The molecule has 1 aliphatic rings. The number of rotatable bonds is 9. The van der Waals surface area contributed by atoms with Crippen molar-refractivity contribution < 1.29 is 19.1 Å². The molecule has 1 unspecified atom stereocenters. The van der Waals surface area contributed by atoms with E-state index >= 15 is 0 Å². The van der Waals surface area contributed by atoms with Crippen molar-refractivity contribution in [1.82, 2.24) is 10.2 Å². The number of piperidine rings is 1. The molecule has 7 heteroatoms. The molecule has 1 aromatic carbocycles. The normalized spacial score (nSPS) is 16.7. The van der Waals surface area contributed by atoms with Crippen molar-refractivity contribution in [1.29, 1.82) is 0 Å². The summed E-state index contributed by atoms with van der Waals surface area (Å²) in [7, 11) is 1.57. The summed E-state index contributed by atoms with van der Waals surface area (Å²) < 4.78 is 5.08. The van der Waals surface area contributed by atoms with Gasteiger partial charge in [-0.1, -0.05) is 0 Å². The number of ketones is 1. The molecule has 1 fully saturated rings. The van der Waals surface area contributed by atoms with Crippen molar-refractivity contribution in [2.45, 2.75) is 44.6 Å². The molecule has 1 aromatic rings. The monoisotopic (exact) mass is 375 g/mol. The van der Waals surface area contributed by atoms with Crippen LogP contribution >= 0.6 is 0 Å². The minimum atomic E-state index is -0.0924. The Bertz CT molecular complexity index is 645. The van der Waals surface area contributed by atoms with Gasteiger partial charge in [-0.15, -0.1) is 0 Å². The maximum Gasteiger partial charge on any atom is 0.223 e. The first-order valence-corrected chi connectivity index (χ1v) is 9.48. The first-order chi connectivity index (χ1) is 13.0. The Morgan fingerprint density at radius 1 is 1.15 bits per heavy atom. The molecular formula is C20H29N3O4. The number of benzene rings is 1. The molecule has 0 spiro atoms. The third-order valence-corrected chi connectivity index (χ3v) is 4.83. The highest BCUT2D eigenvalue weighted by atomic mass is 16.5. The number of hydrogen-bond donors (Lipinski definition) is 2. The summed E-state index contributed by atoms with van der Waals surface area (Å²) >= 11 is 0. The lowest BCUT2D eigenvalue weighted by Gasteiger charge is -2.36. The Labute approximate surface area is 160 Å². The molecule has 27 heavy (non-hydrogen) atoms. The molecule has 0 aliphatic carbocycles. The Kier molecular flexibility index (Phi) is 8.26. The molecule has 0 aromatic heterocycles. The standard InChI is InChI=1S/C20H29N3O4/c1-27-17-7-5-15(6-8-17)18(24)9-10-20(26)23-13-3-2-4-16(23)14-22-19(25)11-12-21/h5-8,16H,2-4,9-14,21H2,1H3,(H,22,25). The third-order valence-electron chi connectivity index (χ3n) is 4.83. The first-order valence-electron chi connectivity index (χ1n) is 9.48. The number of hydrogen-bond acceptors (Lipinski definition) is 5. The molecule has 1 atom stereocenters. The number of carbonyl (C=O) groups excluding carboxylic acids is 3. The van der Waals surface area contributed by atoms with Crippen LogP contribution in [0.1, 0.15) is 48.9 Å². The molecule has 2 amide bonds. The van der Waals surface area contributed by atoms with Gasteiger partial charge in [0, 0.05) is 50.5 Å². The summed E-state index contributed by atoms with van der Waals surface area (Å²) in [6.07, 6.45) is 3.49.